The van der Waals surface area contributed by atoms with Gasteiger partial charge >= 0.3 is 0 Å². The predicted molar refractivity (Wildman–Crippen MR) is 41.0 cm³/mol. The SMILES string of the molecule is NCc1nnc2n1CCCN2. The Kier molecular flexibility index (Phi) is 1.50. The molecule has 5 nitrogen and oxygen atoms in total. The molecule has 0 aliphatic carbocycles. The third-order valence-corrected chi connectivity index (χ3v) is 1.85. The summed E-state index contributed by atoms with van der Waals surface area (Å²) >= 11 is 0. The fourth-order valence-corrected chi connectivity index (χ4v) is 1.29. The van der Waals surface area contributed by atoms with E-state index in [1.54, 1.807) is 0 Å². The maximum atomic E-state index is 5.47. The standard InChI is InChI=1S/C6H11N5/c7-4-5-9-10-6-8-2-1-3-11(5)6/h1-4,7H2,(H,8,10). The Balaban J connectivity index is 2.38. The number of nitrogens with one attached hydrogen (secondary N) is 1. The van der Waals surface area contributed by atoms with Crippen LogP contribution in [0.2, 0.25) is 0 Å². The Morgan fingerprint density at radius 1 is 1.55 bits per heavy atom. The smallest absolute Gasteiger partial charge is 0.224 e. The van der Waals surface area contributed by atoms with Crippen LogP contribution < -0.4 is 11.1 Å². The minimum absolute atomic E-state index is 0.467. The van der Waals surface area contributed by atoms with Crippen LogP contribution in [-0.4, -0.2) is 21.3 Å². The van der Waals surface area contributed by atoms with Gasteiger partial charge in [-0.05, 0) is 6.42 Å². The first-order valence-electron chi connectivity index (χ1n) is 3.78. The van der Waals surface area contributed by atoms with Crippen molar-refractivity contribution in [2.75, 3.05) is 11.9 Å². The highest BCUT2D eigenvalue weighted by Gasteiger charge is 2.12. The molecule has 0 fully saturated rings. The molecule has 11 heavy (non-hydrogen) atoms. The van der Waals surface area contributed by atoms with E-state index in [0.29, 0.717) is 6.54 Å². The van der Waals surface area contributed by atoms with Crippen molar-refractivity contribution >= 4 is 5.95 Å². The van der Waals surface area contributed by atoms with E-state index >= 15 is 0 Å². The number of hydrogen-bond donors (Lipinski definition) is 2. The lowest BCUT2D eigenvalue weighted by Crippen LogP contribution is -2.19. The second-order valence-electron chi connectivity index (χ2n) is 2.58. The third kappa shape index (κ3) is 0.970. The van der Waals surface area contributed by atoms with E-state index in [1.165, 1.54) is 0 Å². The summed E-state index contributed by atoms with van der Waals surface area (Å²) in [7, 11) is 0. The van der Waals surface area contributed by atoms with Crippen LogP contribution in [0.15, 0.2) is 0 Å². The van der Waals surface area contributed by atoms with Crippen molar-refractivity contribution in [1.29, 1.82) is 0 Å². The topological polar surface area (TPSA) is 68.8 Å². The highest BCUT2D eigenvalue weighted by molar-refractivity contribution is 5.27. The van der Waals surface area contributed by atoms with E-state index in [-0.39, 0.29) is 0 Å². The normalized spacial score (nSPS) is 15.7. The molecule has 1 aliphatic rings. The quantitative estimate of drug-likeness (QED) is 0.573. The first kappa shape index (κ1) is 6.60. The number of fused-ring (bicyclic) bond motifs is 1. The molecule has 0 radical (unpaired) electrons. The van der Waals surface area contributed by atoms with Gasteiger partial charge in [0.2, 0.25) is 5.95 Å². The number of rotatable bonds is 1. The number of nitrogens with zero attached hydrogens (tertiary/aromatic N) is 3. The van der Waals surface area contributed by atoms with Gasteiger partial charge in [0.25, 0.3) is 0 Å². The molecule has 1 aromatic heterocycles. The molecule has 60 valence electrons. The van der Waals surface area contributed by atoms with Crippen LogP contribution in [0.25, 0.3) is 0 Å². The van der Waals surface area contributed by atoms with Gasteiger partial charge in [0.15, 0.2) is 0 Å². The highest BCUT2D eigenvalue weighted by atomic mass is 15.4. The van der Waals surface area contributed by atoms with Crippen LogP contribution in [0.4, 0.5) is 5.95 Å². The van der Waals surface area contributed by atoms with Crippen molar-refractivity contribution in [2.24, 2.45) is 5.73 Å². The number of anilines is 1. The van der Waals surface area contributed by atoms with Gasteiger partial charge in [0.1, 0.15) is 5.82 Å². The minimum Gasteiger partial charge on any atom is -0.354 e. The van der Waals surface area contributed by atoms with Gasteiger partial charge in [-0.2, -0.15) is 0 Å². The van der Waals surface area contributed by atoms with E-state index in [0.717, 1.165) is 31.3 Å². The Labute approximate surface area is 64.6 Å². The Morgan fingerprint density at radius 2 is 2.45 bits per heavy atom. The zero-order chi connectivity index (χ0) is 7.68. The van der Waals surface area contributed by atoms with Crippen molar-refractivity contribution in [3.05, 3.63) is 5.82 Å². The molecular formula is C6H11N5. The first-order valence-corrected chi connectivity index (χ1v) is 3.78. The number of hydrogen-bond acceptors (Lipinski definition) is 4. The Bertz CT molecular complexity index is 240. The van der Waals surface area contributed by atoms with Crippen LogP contribution in [0, 0.1) is 0 Å². The van der Waals surface area contributed by atoms with Gasteiger partial charge in [-0.25, -0.2) is 0 Å². The molecule has 1 aliphatic heterocycles. The molecule has 0 atom stereocenters. The van der Waals surface area contributed by atoms with Crippen LogP contribution in [0.3, 0.4) is 0 Å². The van der Waals surface area contributed by atoms with Gasteiger partial charge in [0, 0.05) is 13.1 Å². The highest BCUT2D eigenvalue weighted by Crippen LogP contribution is 2.12. The molecule has 0 spiro atoms. The van der Waals surface area contributed by atoms with E-state index in [2.05, 4.69) is 15.5 Å². The van der Waals surface area contributed by atoms with E-state index in [1.807, 2.05) is 4.57 Å². The Morgan fingerprint density at radius 3 is 3.27 bits per heavy atom. The van der Waals surface area contributed by atoms with Crippen molar-refractivity contribution in [3.8, 4) is 0 Å². The zero-order valence-electron chi connectivity index (χ0n) is 6.25. The first-order chi connectivity index (χ1) is 5.42. The van der Waals surface area contributed by atoms with E-state index < -0.39 is 0 Å². The average molecular weight is 153 g/mol. The lowest BCUT2D eigenvalue weighted by atomic mass is 10.3. The van der Waals surface area contributed by atoms with Gasteiger partial charge in [0.05, 0.1) is 6.54 Å². The molecule has 0 aromatic carbocycles. The molecule has 0 saturated carbocycles. The molecule has 1 aromatic rings. The van der Waals surface area contributed by atoms with E-state index in [4.69, 9.17) is 5.73 Å². The van der Waals surface area contributed by atoms with Crippen LogP contribution in [0.1, 0.15) is 12.2 Å². The fourth-order valence-electron chi connectivity index (χ4n) is 1.29. The summed E-state index contributed by atoms with van der Waals surface area (Å²) in [4.78, 5) is 0. The van der Waals surface area contributed by atoms with Crippen LogP contribution in [0.5, 0.6) is 0 Å². The summed E-state index contributed by atoms with van der Waals surface area (Å²) < 4.78 is 2.03. The second kappa shape index (κ2) is 2.50. The second-order valence-corrected chi connectivity index (χ2v) is 2.58. The summed E-state index contributed by atoms with van der Waals surface area (Å²) in [6.45, 7) is 2.44. The average Bonchev–Trinajstić information content (AvgIpc) is 2.47. The van der Waals surface area contributed by atoms with Crippen molar-refractivity contribution in [2.45, 2.75) is 19.5 Å². The number of nitrogens with two attached hydrogens (primary N) is 1. The molecule has 2 rings (SSSR count). The minimum atomic E-state index is 0.467. The maximum absolute atomic E-state index is 5.47. The molecular weight excluding hydrogens is 142 g/mol. The molecule has 5 heteroatoms. The molecule has 0 unspecified atom stereocenters. The lowest BCUT2D eigenvalue weighted by Gasteiger charge is -2.15. The zero-order valence-corrected chi connectivity index (χ0v) is 6.25. The summed E-state index contributed by atoms with van der Waals surface area (Å²) in [5.74, 6) is 1.73. The van der Waals surface area contributed by atoms with Gasteiger partial charge < -0.3 is 11.1 Å². The van der Waals surface area contributed by atoms with Crippen molar-refractivity contribution in [3.63, 3.8) is 0 Å². The monoisotopic (exact) mass is 153 g/mol. The van der Waals surface area contributed by atoms with Gasteiger partial charge in [-0.3, -0.25) is 4.57 Å². The molecule has 2 heterocycles. The predicted octanol–water partition coefficient (Wildman–Crippen LogP) is -0.448. The summed E-state index contributed by atoms with van der Waals surface area (Å²) in [6, 6.07) is 0. The summed E-state index contributed by atoms with van der Waals surface area (Å²) in [5, 5.41) is 11.0. The van der Waals surface area contributed by atoms with Gasteiger partial charge in [-0.15, -0.1) is 10.2 Å². The molecule has 0 amide bonds. The summed E-state index contributed by atoms with van der Waals surface area (Å²) in [6.07, 6.45) is 1.12. The van der Waals surface area contributed by atoms with Crippen molar-refractivity contribution < 1.29 is 0 Å². The van der Waals surface area contributed by atoms with Crippen molar-refractivity contribution in [1.82, 2.24) is 14.8 Å². The van der Waals surface area contributed by atoms with Gasteiger partial charge in [-0.1, -0.05) is 0 Å². The number of aromatic nitrogens is 3. The molecule has 0 saturated heterocycles. The van der Waals surface area contributed by atoms with E-state index in [9.17, 15) is 0 Å². The fraction of sp³-hybridized carbons (Fsp3) is 0.667. The maximum Gasteiger partial charge on any atom is 0.224 e. The largest absolute Gasteiger partial charge is 0.354 e. The lowest BCUT2D eigenvalue weighted by molar-refractivity contribution is 0.599. The van der Waals surface area contributed by atoms with Crippen LogP contribution >= 0.6 is 0 Å². The summed E-state index contributed by atoms with van der Waals surface area (Å²) in [5.41, 5.74) is 5.47. The Hall–Kier alpha value is -1.10. The third-order valence-electron chi connectivity index (χ3n) is 1.85. The molecule has 0 bridgehead atoms. The van der Waals surface area contributed by atoms with Crippen LogP contribution in [-0.2, 0) is 13.1 Å². The molecule has 3 N–H and O–H groups in total.